The Kier molecular flexibility index (Phi) is 2.55. The number of benzene rings is 1. The van der Waals surface area contributed by atoms with Gasteiger partial charge in [0.2, 0.25) is 0 Å². The third-order valence-corrected chi connectivity index (χ3v) is 2.68. The fraction of sp³-hybridized carbons (Fsp3) is 0.455. The lowest BCUT2D eigenvalue weighted by Gasteiger charge is -2.15. The minimum Gasteiger partial charge on any atom is -0.382 e. The summed E-state index contributed by atoms with van der Waals surface area (Å²) < 4.78 is 0. The van der Waals surface area contributed by atoms with Crippen LogP contribution >= 0.6 is 11.6 Å². The second-order valence-corrected chi connectivity index (χ2v) is 4.39. The Hall–Kier alpha value is -0.890. The zero-order chi connectivity index (χ0) is 10.1. The molecular formula is C11H15ClN2. The van der Waals surface area contributed by atoms with Gasteiger partial charge in [0.05, 0.1) is 10.7 Å². The smallest absolute Gasteiger partial charge is 0.0659 e. The van der Waals surface area contributed by atoms with Crippen LogP contribution in [0.5, 0.6) is 0 Å². The molecule has 1 aliphatic carbocycles. The van der Waals surface area contributed by atoms with Gasteiger partial charge in [0.25, 0.3) is 0 Å². The van der Waals surface area contributed by atoms with Gasteiger partial charge in [-0.3, -0.25) is 0 Å². The van der Waals surface area contributed by atoms with E-state index in [2.05, 4.69) is 11.4 Å². The molecule has 1 aromatic rings. The average molecular weight is 211 g/mol. The average Bonchev–Trinajstić information content (AvgIpc) is 2.87. The highest BCUT2D eigenvalue weighted by atomic mass is 35.5. The number of hydrogen-bond donors (Lipinski definition) is 1. The van der Waals surface area contributed by atoms with Crippen molar-refractivity contribution >= 4 is 23.0 Å². The molecule has 0 aromatic heterocycles. The summed E-state index contributed by atoms with van der Waals surface area (Å²) in [5, 5.41) is 4.23. The molecule has 1 saturated carbocycles. The third-order valence-electron chi connectivity index (χ3n) is 2.38. The molecule has 0 bridgehead atoms. The third kappa shape index (κ3) is 2.13. The van der Waals surface area contributed by atoms with Crippen LogP contribution in [0, 0.1) is 0 Å². The second-order valence-electron chi connectivity index (χ2n) is 3.98. The summed E-state index contributed by atoms with van der Waals surface area (Å²) in [6.45, 7) is 0. The Labute approximate surface area is 89.9 Å². The summed E-state index contributed by atoms with van der Waals surface area (Å²) in [7, 11) is 3.99. The van der Waals surface area contributed by atoms with E-state index in [1.54, 1.807) is 0 Å². The summed E-state index contributed by atoms with van der Waals surface area (Å²) in [6, 6.07) is 6.80. The standard InChI is InChI=1S/C11H15ClN2/c1-14(2)11-6-5-9(7-10(11)12)13-8-3-4-8/h5-8,13H,3-4H2,1-2H3. The van der Waals surface area contributed by atoms with Crippen LogP contribution in [0.2, 0.25) is 5.02 Å². The Morgan fingerprint density at radius 2 is 2.07 bits per heavy atom. The lowest BCUT2D eigenvalue weighted by molar-refractivity contribution is 1.12. The quantitative estimate of drug-likeness (QED) is 0.825. The number of halogens is 1. The van der Waals surface area contributed by atoms with E-state index in [-0.39, 0.29) is 0 Å². The van der Waals surface area contributed by atoms with Gasteiger partial charge in [-0.2, -0.15) is 0 Å². The predicted octanol–water partition coefficient (Wildman–Crippen LogP) is 2.98. The van der Waals surface area contributed by atoms with E-state index in [1.807, 2.05) is 31.1 Å². The van der Waals surface area contributed by atoms with Crippen LogP contribution in [0.4, 0.5) is 11.4 Å². The summed E-state index contributed by atoms with van der Waals surface area (Å²) in [4.78, 5) is 2.02. The van der Waals surface area contributed by atoms with E-state index in [4.69, 9.17) is 11.6 Å². The molecule has 3 heteroatoms. The monoisotopic (exact) mass is 210 g/mol. The van der Waals surface area contributed by atoms with E-state index >= 15 is 0 Å². The normalized spacial score (nSPS) is 15.4. The zero-order valence-corrected chi connectivity index (χ0v) is 9.30. The lowest BCUT2D eigenvalue weighted by Crippen LogP contribution is -2.09. The van der Waals surface area contributed by atoms with Crippen molar-refractivity contribution < 1.29 is 0 Å². The Balaban J connectivity index is 2.16. The molecule has 76 valence electrons. The molecule has 0 spiro atoms. The van der Waals surface area contributed by atoms with Crippen LogP contribution in [0.1, 0.15) is 12.8 Å². The van der Waals surface area contributed by atoms with Crippen LogP contribution < -0.4 is 10.2 Å². The van der Waals surface area contributed by atoms with Crippen molar-refractivity contribution in [2.75, 3.05) is 24.3 Å². The minimum absolute atomic E-state index is 0.677. The van der Waals surface area contributed by atoms with Crippen molar-refractivity contribution in [2.45, 2.75) is 18.9 Å². The fourth-order valence-electron chi connectivity index (χ4n) is 1.42. The lowest BCUT2D eigenvalue weighted by atomic mass is 10.2. The van der Waals surface area contributed by atoms with Gasteiger partial charge in [-0.05, 0) is 31.0 Å². The topological polar surface area (TPSA) is 15.3 Å². The molecule has 0 amide bonds. The van der Waals surface area contributed by atoms with Gasteiger partial charge >= 0.3 is 0 Å². The molecule has 0 saturated heterocycles. The molecule has 14 heavy (non-hydrogen) atoms. The van der Waals surface area contributed by atoms with Crippen LogP contribution in [0.15, 0.2) is 18.2 Å². The van der Waals surface area contributed by atoms with Gasteiger partial charge in [-0.15, -0.1) is 0 Å². The van der Waals surface area contributed by atoms with Gasteiger partial charge in [-0.25, -0.2) is 0 Å². The van der Waals surface area contributed by atoms with E-state index in [1.165, 1.54) is 12.8 Å². The van der Waals surface area contributed by atoms with Gasteiger partial charge < -0.3 is 10.2 Å². The van der Waals surface area contributed by atoms with Crippen LogP contribution in [0.25, 0.3) is 0 Å². The van der Waals surface area contributed by atoms with Crippen LogP contribution in [-0.4, -0.2) is 20.1 Å². The second kappa shape index (κ2) is 3.70. The Morgan fingerprint density at radius 1 is 1.36 bits per heavy atom. The van der Waals surface area contributed by atoms with Crippen molar-refractivity contribution in [3.8, 4) is 0 Å². The maximum Gasteiger partial charge on any atom is 0.0659 e. The first-order chi connectivity index (χ1) is 6.66. The molecule has 0 heterocycles. The van der Waals surface area contributed by atoms with Crippen molar-refractivity contribution in [1.29, 1.82) is 0 Å². The Morgan fingerprint density at radius 3 is 2.57 bits per heavy atom. The van der Waals surface area contributed by atoms with Crippen molar-refractivity contribution in [3.05, 3.63) is 23.2 Å². The highest BCUT2D eigenvalue weighted by Gasteiger charge is 2.20. The highest BCUT2D eigenvalue weighted by molar-refractivity contribution is 6.33. The molecule has 0 radical (unpaired) electrons. The van der Waals surface area contributed by atoms with Gasteiger partial charge in [0, 0.05) is 25.8 Å². The van der Waals surface area contributed by atoms with Crippen molar-refractivity contribution in [1.82, 2.24) is 0 Å². The molecule has 0 unspecified atom stereocenters. The fourth-order valence-corrected chi connectivity index (χ4v) is 1.77. The molecule has 1 aromatic carbocycles. The van der Waals surface area contributed by atoms with E-state index < -0.39 is 0 Å². The minimum atomic E-state index is 0.677. The maximum atomic E-state index is 6.15. The zero-order valence-electron chi connectivity index (χ0n) is 8.55. The highest BCUT2D eigenvalue weighted by Crippen LogP contribution is 2.30. The summed E-state index contributed by atoms with van der Waals surface area (Å²) in [5.41, 5.74) is 2.19. The van der Waals surface area contributed by atoms with Gasteiger partial charge in [-0.1, -0.05) is 11.6 Å². The van der Waals surface area contributed by atoms with Crippen LogP contribution in [0.3, 0.4) is 0 Å². The molecular weight excluding hydrogens is 196 g/mol. The van der Waals surface area contributed by atoms with Crippen LogP contribution in [-0.2, 0) is 0 Å². The van der Waals surface area contributed by atoms with Gasteiger partial charge in [0.15, 0.2) is 0 Å². The summed E-state index contributed by atoms with van der Waals surface area (Å²) in [6.07, 6.45) is 2.57. The molecule has 2 nitrogen and oxygen atoms in total. The number of nitrogens with one attached hydrogen (secondary N) is 1. The van der Waals surface area contributed by atoms with E-state index in [0.29, 0.717) is 6.04 Å². The molecule has 0 aliphatic heterocycles. The maximum absolute atomic E-state index is 6.15. The van der Waals surface area contributed by atoms with Gasteiger partial charge in [0.1, 0.15) is 0 Å². The van der Waals surface area contributed by atoms with E-state index in [0.717, 1.165) is 16.4 Å². The predicted molar refractivity (Wildman–Crippen MR) is 62.4 cm³/mol. The first-order valence-corrected chi connectivity index (χ1v) is 5.28. The van der Waals surface area contributed by atoms with Crippen molar-refractivity contribution in [2.24, 2.45) is 0 Å². The first-order valence-electron chi connectivity index (χ1n) is 4.90. The SMILES string of the molecule is CN(C)c1ccc(NC2CC2)cc1Cl. The molecule has 0 atom stereocenters. The Bertz CT molecular complexity index is 332. The molecule has 1 N–H and O–H groups in total. The number of hydrogen-bond acceptors (Lipinski definition) is 2. The molecule has 1 aliphatic rings. The largest absolute Gasteiger partial charge is 0.382 e. The molecule has 1 fully saturated rings. The summed E-state index contributed by atoms with van der Waals surface area (Å²) >= 11 is 6.15. The van der Waals surface area contributed by atoms with E-state index in [9.17, 15) is 0 Å². The number of rotatable bonds is 3. The number of anilines is 2. The van der Waals surface area contributed by atoms with Crippen molar-refractivity contribution in [3.63, 3.8) is 0 Å². The molecule has 2 rings (SSSR count). The summed E-state index contributed by atoms with van der Waals surface area (Å²) in [5.74, 6) is 0. The number of nitrogens with zero attached hydrogens (tertiary/aromatic N) is 1. The first kappa shape index (κ1) is 9.66.